The summed E-state index contributed by atoms with van der Waals surface area (Å²) in [6.07, 6.45) is 2.93. The third-order valence-electron chi connectivity index (χ3n) is 4.04. The summed E-state index contributed by atoms with van der Waals surface area (Å²) in [4.78, 5) is 12.2. The van der Waals surface area contributed by atoms with Crippen LogP contribution in [0.25, 0.3) is 17.5 Å². The van der Waals surface area contributed by atoms with E-state index in [1.54, 1.807) is 31.2 Å². The van der Waals surface area contributed by atoms with E-state index in [2.05, 4.69) is 15.5 Å². The lowest BCUT2D eigenvalue weighted by atomic mass is 10.1. The number of benzene rings is 1. The van der Waals surface area contributed by atoms with E-state index in [1.807, 2.05) is 6.92 Å². The van der Waals surface area contributed by atoms with Crippen LogP contribution in [0.1, 0.15) is 17.1 Å². The normalized spacial score (nSPS) is 10.9. The highest BCUT2D eigenvalue weighted by molar-refractivity contribution is 6.00. The fourth-order valence-corrected chi connectivity index (χ4v) is 2.74. The van der Waals surface area contributed by atoms with Gasteiger partial charge in [-0.15, -0.1) is 5.10 Å². The number of aryl methyl sites for hydroxylation is 2. The first-order chi connectivity index (χ1) is 13.9. The summed E-state index contributed by atoms with van der Waals surface area (Å²) in [5, 5.41) is 10.3. The maximum atomic E-state index is 12.2. The number of carbonyl (C=O) groups excluding carboxylic acids is 1. The average molecular weight is 399 g/mol. The Morgan fingerprint density at radius 1 is 1.00 bits per heavy atom. The fourth-order valence-electron chi connectivity index (χ4n) is 2.74. The zero-order chi connectivity index (χ0) is 21.0. The van der Waals surface area contributed by atoms with Crippen molar-refractivity contribution in [3.05, 3.63) is 41.4 Å². The lowest BCUT2D eigenvalue weighted by Crippen LogP contribution is -2.07. The van der Waals surface area contributed by atoms with Crippen LogP contribution in [0.2, 0.25) is 0 Å². The number of rotatable bonds is 7. The molecule has 3 rings (SSSR count). The van der Waals surface area contributed by atoms with Crippen molar-refractivity contribution in [2.24, 2.45) is 0 Å². The minimum Gasteiger partial charge on any atom is -0.493 e. The van der Waals surface area contributed by atoms with Crippen LogP contribution in [0.15, 0.2) is 33.1 Å². The van der Waals surface area contributed by atoms with Gasteiger partial charge in [0.15, 0.2) is 11.5 Å². The highest BCUT2D eigenvalue weighted by Gasteiger charge is 2.16. The number of hydrogen-bond acceptors (Lipinski definition) is 8. The van der Waals surface area contributed by atoms with Gasteiger partial charge in [-0.1, -0.05) is 5.10 Å². The largest absolute Gasteiger partial charge is 0.493 e. The van der Waals surface area contributed by atoms with E-state index in [1.165, 1.54) is 27.4 Å². The molecule has 1 amide bonds. The molecule has 0 spiro atoms. The van der Waals surface area contributed by atoms with Crippen molar-refractivity contribution in [3.63, 3.8) is 0 Å². The molecule has 0 unspecified atom stereocenters. The highest BCUT2D eigenvalue weighted by atomic mass is 16.5. The monoisotopic (exact) mass is 399 g/mol. The number of ether oxygens (including phenoxy) is 3. The van der Waals surface area contributed by atoms with Crippen LogP contribution < -0.4 is 19.5 Å². The molecule has 1 aromatic carbocycles. The molecule has 0 aliphatic heterocycles. The van der Waals surface area contributed by atoms with E-state index < -0.39 is 5.91 Å². The van der Waals surface area contributed by atoms with Crippen molar-refractivity contribution in [2.75, 3.05) is 26.6 Å². The second kappa shape index (κ2) is 8.51. The van der Waals surface area contributed by atoms with Crippen molar-refractivity contribution in [2.45, 2.75) is 13.8 Å². The maximum absolute atomic E-state index is 12.2. The molecule has 9 nitrogen and oxygen atoms in total. The Morgan fingerprint density at radius 2 is 1.69 bits per heavy atom. The lowest BCUT2D eigenvalue weighted by Gasteiger charge is -2.12. The lowest BCUT2D eigenvalue weighted by molar-refractivity contribution is -0.112. The third kappa shape index (κ3) is 4.40. The number of furan rings is 1. The smallest absolute Gasteiger partial charge is 0.322 e. The number of carbonyl (C=O) groups is 1. The van der Waals surface area contributed by atoms with E-state index >= 15 is 0 Å². The molecule has 1 N–H and O–H groups in total. The fraction of sp³-hybridized carbons (Fsp3) is 0.250. The topological polar surface area (TPSA) is 109 Å². The van der Waals surface area contributed by atoms with Gasteiger partial charge in [0.25, 0.3) is 11.8 Å². The first-order valence-electron chi connectivity index (χ1n) is 8.65. The second-order valence-corrected chi connectivity index (χ2v) is 6.02. The minimum absolute atomic E-state index is 0.0159. The zero-order valence-corrected chi connectivity index (χ0v) is 16.7. The Bertz CT molecular complexity index is 1030. The third-order valence-corrected chi connectivity index (χ3v) is 4.04. The first-order valence-corrected chi connectivity index (χ1v) is 8.65. The van der Waals surface area contributed by atoms with Gasteiger partial charge in [0.05, 0.1) is 26.9 Å². The number of aromatic nitrogens is 2. The number of hydrogen-bond donors (Lipinski definition) is 1. The molecule has 9 heteroatoms. The maximum Gasteiger partial charge on any atom is 0.322 e. The molecule has 0 saturated carbocycles. The zero-order valence-electron chi connectivity index (χ0n) is 16.7. The summed E-state index contributed by atoms with van der Waals surface area (Å²) in [6, 6.07) is 5.22. The summed E-state index contributed by atoms with van der Waals surface area (Å²) in [5.41, 5.74) is 1.37. The molecule has 152 valence electrons. The van der Waals surface area contributed by atoms with Gasteiger partial charge in [0, 0.05) is 6.08 Å². The summed E-state index contributed by atoms with van der Waals surface area (Å²) in [5.74, 6) is 2.66. The molecular formula is C20H21N3O6. The van der Waals surface area contributed by atoms with E-state index in [4.69, 9.17) is 23.0 Å². The van der Waals surface area contributed by atoms with Gasteiger partial charge in [0.1, 0.15) is 11.5 Å². The summed E-state index contributed by atoms with van der Waals surface area (Å²) in [6.45, 7) is 3.62. The molecule has 29 heavy (non-hydrogen) atoms. The molecule has 0 bridgehead atoms. The van der Waals surface area contributed by atoms with Gasteiger partial charge in [-0.2, -0.15) is 0 Å². The Labute approximate surface area is 167 Å². The molecule has 0 aliphatic carbocycles. The van der Waals surface area contributed by atoms with Gasteiger partial charge < -0.3 is 23.0 Å². The van der Waals surface area contributed by atoms with E-state index in [0.29, 0.717) is 34.1 Å². The summed E-state index contributed by atoms with van der Waals surface area (Å²) >= 11 is 0. The number of nitrogens with zero attached hydrogens (tertiary/aromatic N) is 2. The number of nitrogens with one attached hydrogen (secondary N) is 1. The van der Waals surface area contributed by atoms with Crippen LogP contribution in [0.4, 0.5) is 6.01 Å². The van der Waals surface area contributed by atoms with Crippen LogP contribution in [0.3, 0.4) is 0 Å². The van der Waals surface area contributed by atoms with Gasteiger partial charge in [-0.3, -0.25) is 10.1 Å². The number of amides is 1. The second-order valence-electron chi connectivity index (χ2n) is 6.02. The molecule has 2 aromatic heterocycles. The Kier molecular flexibility index (Phi) is 5.87. The number of anilines is 1. The molecule has 0 atom stereocenters. The van der Waals surface area contributed by atoms with Crippen molar-refractivity contribution in [3.8, 4) is 28.7 Å². The number of methoxy groups -OCH3 is 3. The average Bonchev–Trinajstić information content (AvgIpc) is 3.30. The molecular weight excluding hydrogens is 378 g/mol. The van der Waals surface area contributed by atoms with E-state index in [9.17, 15) is 4.79 Å². The van der Waals surface area contributed by atoms with Crippen LogP contribution in [0, 0.1) is 13.8 Å². The molecule has 3 aromatic rings. The first kappa shape index (κ1) is 20.0. The van der Waals surface area contributed by atoms with Crippen molar-refractivity contribution in [1.82, 2.24) is 10.2 Å². The minimum atomic E-state index is -0.436. The van der Waals surface area contributed by atoms with Gasteiger partial charge in [-0.25, -0.2) is 0 Å². The molecule has 0 fully saturated rings. The Morgan fingerprint density at radius 3 is 2.24 bits per heavy atom. The van der Waals surface area contributed by atoms with Crippen LogP contribution in [-0.2, 0) is 4.79 Å². The van der Waals surface area contributed by atoms with E-state index in [-0.39, 0.29) is 11.9 Å². The van der Waals surface area contributed by atoms with E-state index in [0.717, 1.165) is 5.76 Å². The van der Waals surface area contributed by atoms with Crippen LogP contribution >= 0.6 is 0 Å². The predicted octanol–water partition coefficient (Wildman–Crippen LogP) is 3.62. The van der Waals surface area contributed by atoms with Gasteiger partial charge in [0.2, 0.25) is 5.75 Å². The van der Waals surface area contributed by atoms with Crippen molar-refractivity contribution >= 4 is 18.0 Å². The Balaban J connectivity index is 1.73. The van der Waals surface area contributed by atoms with Crippen LogP contribution in [-0.4, -0.2) is 37.4 Å². The quantitative estimate of drug-likeness (QED) is 0.600. The summed E-state index contributed by atoms with van der Waals surface area (Å²) in [7, 11) is 4.57. The SMILES string of the molecule is COc1cc(C=CC(=O)Nc2nnc(-c3cc(C)oc3C)o2)cc(OC)c1OC. The molecule has 0 aliphatic rings. The van der Waals surface area contributed by atoms with Crippen LogP contribution in [0.5, 0.6) is 17.2 Å². The molecule has 0 saturated heterocycles. The molecule has 0 radical (unpaired) electrons. The van der Waals surface area contributed by atoms with Gasteiger partial charge in [-0.05, 0) is 43.7 Å². The molecule has 2 heterocycles. The van der Waals surface area contributed by atoms with Crippen molar-refractivity contribution < 1.29 is 27.8 Å². The van der Waals surface area contributed by atoms with Gasteiger partial charge >= 0.3 is 6.01 Å². The standard InChI is InChI=1S/C20H21N3O6/c1-11-8-14(12(2)28-11)19-22-23-20(29-19)21-17(24)7-6-13-9-15(25-3)18(27-5)16(10-13)26-4/h6-10H,1-5H3,(H,21,23,24). The summed E-state index contributed by atoms with van der Waals surface area (Å²) < 4.78 is 26.8. The predicted molar refractivity (Wildman–Crippen MR) is 105 cm³/mol. The Hall–Kier alpha value is -3.75. The van der Waals surface area contributed by atoms with Crippen molar-refractivity contribution in [1.29, 1.82) is 0 Å². The highest BCUT2D eigenvalue weighted by Crippen LogP contribution is 2.38.